The smallest absolute Gasteiger partial charge is 0.182 e. The molecular formula is C9H14ClN3O. The first kappa shape index (κ1) is 11.2. The van der Waals surface area contributed by atoms with Crippen LogP contribution < -0.4 is 0 Å². The molecule has 5 heteroatoms. The van der Waals surface area contributed by atoms with Gasteiger partial charge in [-0.1, -0.05) is 12.1 Å². The van der Waals surface area contributed by atoms with Crippen molar-refractivity contribution in [1.82, 2.24) is 15.0 Å². The van der Waals surface area contributed by atoms with Gasteiger partial charge in [-0.2, -0.15) is 0 Å². The van der Waals surface area contributed by atoms with Crippen LogP contribution in [0, 0.1) is 0 Å². The van der Waals surface area contributed by atoms with E-state index >= 15 is 0 Å². The van der Waals surface area contributed by atoms with Crippen LogP contribution in [-0.2, 0) is 6.54 Å². The molecule has 1 heterocycles. The molecule has 0 saturated carbocycles. The molecule has 0 unspecified atom stereocenters. The Morgan fingerprint density at radius 3 is 3.07 bits per heavy atom. The molecule has 0 bridgehead atoms. The largest absolute Gasteiger partial charge is 0.292 e. The van der Waals surface area contributed by atoms with Crippen molar-refractivity contribution in [3.63, 3.8) is 0 Å². The van der Waals surface area contributed by atoms with Crippen LogP contribution in [0.15, 0.2) is 6.20 Å². The van der Waals surface area contributed by atoms with Gasteiger partial charge in [0.05, 0.1) is 6.20 Å². The average molecular weight is 216 g/mol. The molecule has 0 aromatic carbocycles. The number of ketones is 1. The molecule has 1 aromatic heterocycles. The maximum absolute atomic E-state index is 11.6. The summed E-state index contributed by atoms with van der Waals surface area (Å²) >= 11 is 5.52. The van der Waals surface area contributed by atoms with E-state index in [2.05, 4.69) is 10.3 Å². The van der Waals surface area contributed by atoms with Crippen LogP contribution in [0.25, 0.3) is 0 Å². The van der Waals surface area contributed by atoms with Crippen LogP contribution in [0.5, 0.6) is 0 Å². The molecule has 0 atom stereocenters. The fraction of sp³-hybridized carbons (Fsp3) is 0.667. The summed E-state index contributed by atoms with van der Waals surface area (Å²) in [5, 5.41) is 7.58. The maximum Gasteiger partial charge on any atom is 0.182 e. The van der Waals surface area contributed by atoms with E-state index in [4.69, 9.17) is 11.6 Å². The first-order chi connectivity index (χ1) is 6.79. The zero-order valence-electron chi connectivity index (χ0n) is 8.24. The third-order valence-electron chi connectivity index (χ3n) is 1.88. The molecule has 0 spiro atoms. The van der Waals surface area contributed by atoms with Gasteiger partial charge < -0.3 is 0 Å². The Kier molecular flexibility index (Phi) is 4.59. The summed E-state index contributed by atoms with van der Waals surface area (Å²) in [6.07, 6.45) is 3.64. The summed E-state index contributed by atoms with van der Waals surface area (Å²) < 4.78 is 1.65. The quantitative estimate of drug-likeness (QED) is 0.538. The number of rotatable bonds is 6. The molecule has 1 aromatic rings. The Balaban J connectivity index is 2.63. The predicted octanol–water partition coefficient (Wildman–Crippen LogP) is 1.89. The minimum atomic E-state index is 0.0732. The highest BCUT2D eigenvalue weighted by Crippen LogP contribution is 2.05. The molecule has 0 aliphatic rings. The number of alkyl halides is 1. The maximum atomic E-state index is 11.6. The fourth-order valence-electron chi connectivity index (χ4n) is 1.21. The van der Waals surface area contributed by atoms with E-state index in [9.17, 15) is 4.79 Å². The highest BCUT2D eigenvalue weighted by atomic mass is 35.5. The zero-order valence-corrected chi connectivity index (χ0v) is 9.00. The lowest BCUT2D eigenvalue weighted by atomic mass is 10.2. The molecule has 78 valence electrons. The molecule has 0 saturated heterocycles. The van der Waals surface area contributed by atoms with Gasteiger partial charge in [0.15, 0.2) is 5.78 Å². The molecular weight excluding hydrogens is 202 g/mol. The van der Waals surface area contributed by atoms with Gasteiger partial charge in [0, 0.05) is 18.8 Å². The number of aromatic nitrogens is 3. The minimum absolute atomic E-state index is 0.0732. The Morgan fingerprint density at radius 1 is 1.64 bits per heavy atom. The van der Waals surface area contributed by atoms with Crippen molar-refractivity contribution in [2.75, 3.05) is 5.88 Å². The van der Waals surface area contributed by atoms with Gasteiger partial charge >= 0.3 is 0 Å². The van der Waals surface area contributed by atoms with E-state index in [0.717, 1.165) is 13.0 Å². The van der Waals surface area contributed by atoms with Gasteiger partial charge in [0.2, 0.25) is 0 Å². The third-order valence-corrected chi connectivity index (χ3v) is 2.14. The number of hydrogen-bond donors (Lipinski definition) is 0. The standard InChI is InChI=1S/C9H14ClN3O/c1-2-6-13-8(7-11-12-13)9(14)4-3-5-10/h7H,2-6H2,1H3. The van der Waals surface area contributed by atoms with E-state index in [1.165, 1.54) is 6.20 Å². The number of carbonyl (C=O) groups is 1. The number of hydrogen-bond acceptors (Lipinski definition) is 3. The second-order valence-electron chi connectivity index (χ2n) is 3.06. The highest BCUT2D eigenvalue weighted by molar-refractivity contribution is 6.18. The summed E-state index contributed by atoms with van der Waals surface area (Å²) in [5.74, 6) is 0.588. The van der Waals surface area contributed by atoms with E-state index in [-0.39, 0.29) is 5.78 Å². The molecule has 0 radical (unpaired) electrons. The lowest BCUT2D eigenvalue weighted by molar-refractivity contribution is 0.0971. The van der Waals surface area contributed by atoms with Gasteiger partial charge in [-0.05, 0) is 12.8 Å². The van der Waals surface area contributed by atoms with E-state index in [1.54, 1.807) is 4.68 Å². The van der Waals surface area contributed by atoms with Crippen molar-refractivity contribution in [1.29, 1.82) is 0 Å². The monoisotopic (exact) mass is 215 g/mol. The molecule has 0 fully saturated rings. The van der Waals surface area contributed by atoms with Gasteiger partial charge in [-0.15, -0.1) is 16.7 Å². The third kappa shape index (κ3) is 2.80. The van der Waals surface area contributed by atoms with Crippen LogP contribution in [0.1, 0.15) is 36.7 Å². The first-order valence-corrected chi connectivity index (χ1v) is 5.30. The molecule has 4 nitrogen and oxygen atoms in total. The van der Waals surface area contributed by atoms with Crippen LogP contribution >= 0.6 is 11.6 Å². The SMILES string of the molecule is CCCn1nncc1C(=O)CCCCl. The summed E-state index contributed by atoms with van der Waals surface area (Å²) in [5.41, 5.74) is 0.594. The van der Waals surface area contributed by atoms with Crippen LogP contribution in [0.2, 0.25) is 0 Å². The van der Waals surface area contributed by atoms with Gasteiger partial charge in [-0.3, -0.25) is 4.79 Å². The van der Waals surface area contributed by atoms with Gasteiger partial charge in [0.1, 0.15) is 5.69 Å². The fourth-order valence-corrected chi connectivity index (χ4v) is 1.34. The van der Waals surface area contributed by atoms with Gasteiger partial charge in [0.25, 0.3) is 0 Å². The van der Waals surface area contributed by atoms with E-state index in [1.807, 2.05) is 6.92 Å². The molecule has 0 N–H and O–H groups in total. The molecule has 14 heavy (non-hydrogen) atoms. The molecule has 0 aliphatic carbocycles. The van der Waals surface area contributed by atoms with Crippen molar-refractivity contribution in [3.05, 3.63) is 11.9 Å². The number of halogens is 1. The van der Waals surface area contributed by atoms with Crippen molar-refractivity contribution in [2.45, 2.75) is 32.7 Å². The topological polar surface area (TPSA) is 47.8 Å². The Hall–Kier alpha value is -0.900. The van der Waals surface area contributed by atoms with E-state index in [0.29, 0.717) is 24.4 Å². The molecule has 1 rings (SSSR count). The second kappa shape index (κ2) is 5.75. The van der Waals surface area contributed by atoms with Crippen LogP contribution in [0.4, 0.5) is 0 Å². The molecule has 0 amide bonds. The lowest BCUT2D eigenvalue weighted by Crippen LogP contribution is -2.10. The van der Waals surface area contributed by atoms with Crippen LogP contribution in [-0.4, -0.2) is 26.7 Å². The van der Waals surface area contributed by atoms with Crippen molar-refractivity contribution in [3.8, 4) is 0 Å². The normalized spacial score (nSPS) is 10.4. The van der Waals surface area contributed by atoms with Crippen molar-refractivity contribution >= 4 is 17.4 Å². The van der Waals surface area contributed by atoms with Crippen molar-refractivity contribution in [2.24, 2.45) is 0 Å². The Labute approximate surface area is 88.2 Å². The number of Topliss-reactive ketones (excluding diaryl/α,β-unsaturated/α-hetero) is 1. The first-order valence-electron chi connectivity index (χ1n) is 4.77. The Bertz CT molecular complexity index is 298. The summed E-state index contributed by atoms with van der Waals surface area (Å²) in [6.45, 7) is 2.77. The second-order valence-corrected chi connectivity index (χ2v) is 3.44. The van der Waals surface area contributed by atoms with Gasteiger partial charge in [-0.25, -0.2) is 4.68 Å². The average Bonchev–Trinajstić information content (AvgIpc) is 2.63. The predicted molar refractivity (Wildman–Crippen MR) is 54.6 cm³/mol. The minimum Gasteiger partial charge on any atom is -0.292 e. The summed E-state index contributed by atoms with van der Waals surface area (Å²) in [6, 6.07) is 0. The zero-order chi connectivity index (χ0) is 10.4. The number of nitrogens with zero attached hydrogens (tertiary/aromatic N) is 3. The lowest BCUT2D eigenvalue weighted by Gasteiger charge is -2.02. The summed E-state index contributed by atoms with van der Waals surface area (Å²) in [7, 11) is 0. The number of carbonyl (C=O) groups excluding carboxylic acids is 1. The number of aryl methyl sites for hydroxylation is 1. The van der Waals surface area contributed by atoms with E-state index < -0.39 is 0 Å². The van der Waals surface area contributed by atoms with Crippen LogP contribution in [0.3, 0.4) is 0 Å². The Morgan fingerprint density at radius 2 is 2.43 bits per heavy atom. The molecule has 0 aliphatic heterocycles. The van der Waals surface area contributed by atoms with Crippen molar-refractivity contribution < 1.29 is 4.79 Å². The highest BCUT2D eigenvalue weighted by Gasteiger charge is 2.11. The summed E-state index contributed by atoms with van der Waals surface area (Å²) in [4.78, 5) is 11.6.